The lowest BCUT2D eigenvalue weighted by molar-refractivity contribution is -0.359. The molecule has 12 atom stereocenters. The first kappa shape index (κ1) is 71.6. The van der Waals surface area contributed by atoms with Crippen molar-refractivity contribution in [3.8, 4) is 0 Å². The van der Waals surface area contributed by atoms with E-state index in [1.165, 1.54) is 212 Å². The van der Waals surface area contributed by atoms with Crippen LogP contribution in [-0.4, -0.2) is 140 Å². The van der Waals surface area contributed by atoms with Crippen LogP contribution in [0.2, 0.25) is 0 Å². The van der Waals surface area contributed by atoms with Crippen molar-refractivity contribution in [2.24, 2.45) is 0 Å². The monoisotopic (exact) mass is 1100 g/mol. The number of aliphatic hydroxyl groups excluding tert-OH is 8. The number of unbranched alkanes of at least 4 members (excludes halogenated alkanes) is 37. The normalized spacial score (nSPS) is 24.8. The van der Waals surface area contributed by atoms with Crippen LogP contribution in [0, 0.1) is 0 Å². The van der Waals surface area contributed by atoms with Gasteiger partial charge in [0, 0.05) is 6.42 Å². The van der Waals surface area contributed by atoms with Crippen LogP contribution in [0.1, 0.15) is 277 Å². The summed E-state index contributed by atoms with van der Waals surface area (Å²) in [4.78, 5) is 13.2. The van der Waals surface area contributed by atoms with Crippen molar-refractivity contribution in [2.75, 3.05) is 19.8 Å². The van der Waals surface area contributed by atoms with Gasteiger partial charge < -0.3 is 65.1 Å². The molecule has 2 heterocycles. The van der Waals surface area contributed by atoms with E-state index in [1.54, 1.807) is 6.08 Å². The Morgan fingerprint density at radius 3 is 1.27 bits per heavy atom. The molecule has 2 saturated heterocycles. The maximum Gasteiger partial charge on any atom is 0.220 e. The van der Waals surface area contributed by atoms with Gasteiger partial charge in [-0.15, -0.1) is 0 Å². The minimum absolute atomic E-state index is 0.245. The first-order chi connectivity index (χ1) is 37.6. The van der Waals surface area contributed by atoms with E-state index in [1.807, 2.05) is 6.08 Å². The second-order valence-electron chi connectivity index (χ2n) is 22.9. The van der Waals surface area contributed by atoms with Gasteiger partial charge in [-0.2, -0.15) is 0 Å². The molecule has 2 fully saturated rings. The van der Waals surface area contributed by atoms with Crippen molar-refractivity contribution in [1.29, 1.82) is 0 Å². The Morgan fingerprint density at radius 2 is 0.831 bits per heavy atom. The minimum Gasteiger partial charge on any atom is -0.394 e. The topological polar surface area (TPSA) is 228 Å². The number of allylic oxidation sites excluding steroid dienone is 3. The van der Waals surface area contributed by atoms with Gasteiger partial charge in [0.25, 0.3) is 0 Å². The standard InChI is InChI=1S/C63H119NO13/c1-3-5-7-9-11-13-15-17-18-19-20-21-22-23-24-25-26-27-28-29-30-31-32-33-34-35-37-39-41-43-45-47-55(68)64-51(52(67)46-44-42-40-38-36-16-14-12-10-8-6-4-2)50-74-62-60(73)58(71)61(54(49-66)76-62)77-63-59(72)57(70)56(69)53(48-65)75-63/h36,38,44,46,51-54,56-63,65-67,69-73H,3-35,37,39-43,45,47-50H2,1-2H3,(H,64,68)/b38-36+,46-44+. The van der Waals surface area contributed by atoms with Gasteiger partial charge in [0.05, 0.1) is 32.0 Å². The molecular weight excluding hydrogens is 979 g/mol. The fraction of sp³-hybridized carbons (Fsp3) is 0.921. The Balaban J connectivity index is 1.63. The molecule has 0 aliphatic carbocycles. The van der Waals surface area contributed by atoms with Crippen molar-refractivity contribution >= 4 is 5.91 Å². The van der Waals surface area contributed by atoms with E-state index in [0.29, 0.717) is 12.8 Å². The zero-order valence-electron chi connectivity index (χ0n) is 49.0. The molecule has 14 heteroatoms. The third-order valence-corrected chi connectivity index (χ3v) is 15.9. The van der Waals surface area contributed by atoms with Gasteiger partial charge in [-0.05, 0) is 32.1 Å². The third kappa shape index (κ3) is 34.5. The molecule has 1 amide bonds. The molecule has 0 aromatic rings. The molecule has 0 spiro atoms. The summed E-state index contributed by atoms with van der Waals surface area (Å²) >= 11 is 0. The second-order valence-corrected chi connectivity index (χ2v) is 22.9. The molecule has 77 heavy (non-hydrogen) atoms. The average Bonchev–Trinajstić information content (AvgIpc) is 3.44. The van der Waals surface area contributed by atoms with Crippen LogP contribution in [-0.2, 0) is 23.7 Å². The van der Waals surface area contributed by atoms with Crippen LogP contribution in [0.5, 0.6) is 0 Å². The van der Waals surface area contributed by atoms with Crippen LogP contribution in [0.15, 0.2) is 24.3 Å². The highest BCUT2D eigenvalue weighted by atomic mass is 16.7. The lowest BCUT2D eigenvalue weighted by Crippen LogP contribution is -2.65. The summed E-state index contributed by atoms with van der Waals surface area (Å²) in [5, 5.41) is 87.0. The molecule has 0 radical (unpaired) electrons. The highest BCUT2D eigenvalue weighted by Crippen LogP contribution is 2.30. The Kier molecular flexibility index (Phi) is 45.7. The Labute approximate surface area is 468 Å². The number of rotatable bonds is 52. The molecule has 2 aliphatic heterocycles. The first-order valence-electron chi connectivity index (χ1n) is 32.1. The molecule has 2 rings (SSSR count). The van der Waals surface area contributed by atoms with Crippen molar-refractivity contribution in [1.82, 2.24) is 5.32 Å². The van der Waals surface area contributed by atoms with Crippen LogP contribution >= 0.6 is 0 Å². The largest absolute Gasteiger partial charge is 0.394 e. The summed E-state index contributed by atoms with van der Waals surface area (Å²) in [5.74, 6) is -0.245. The Bertz CT molecular complexity index is 1390. The maximum atomic E-state index is 13.2. The van der Waals surface area contributed by atoms with E-state index in [-0.39, 0.29) is 18.9 Å². The number of carbonyl (C=O) groups excluding carboxylic acids is 1. The van der Waals surface area contributed by atoms with Gasteiger partial charge in [0.15, 0.2) is 12.6 Å². The summed E-state index contributed by atoms with van der Waals surface area (Å²) in [6, 6.07) is -0.927. The number of amides is 1. The maximum absolute atomic E-state index is 13.2. The lowest BCUT2D eigenvalue weighted by atomic mass is 9.97. The van der Waals surface area contributed by atoms with Gasteiger partial charge in [0.2, 0.25) is 5.91 Å². The molecule has 0 bridgehead atoms. The third-order valence-electron chi connectivity index (χ3n) is 15.9. The molecule has 0 aromatic carbocycles. The summed E-state index contributed by atoms with van der Waals surface area (Å²) in [6.45, 7) is 2.78. The smallest absolute Gasteiger partial charge is 0.220 e. The highest BCUT2D eigenvalue weighted by molar-refractivity contribution is 5.76. The van der Waals surface area contributed by atoms with Gasteiger partial charge in [-0.25, -0.2) is 0 Å². The Hall–Kier alpha value is -1.53. The van der Waals surface area contributed by atoms with E-state index in [2.05, 4.69) is 31.3 Å². The van der Waals surface area contributed by atoms with Crippen LogP contribution < -0.4 is 5.32 Å². The predicted molar refractivity (Wildman–Crippen MR) is 309 cm³/mol. The van der Waals surface area contributed by atoms with E-state index in [9.17, 15) is 45.6 Å². The van der Waals surface area contributed by atoms with Gasteiger partial charge in [-0.3, -0.25) is 4.79 Å². The number of carbonyl (C=O) groups is 1. The molecule has 454 valence electrons. The minimum atomic E-state index is -1.79. The van der Waals surface area contributed by atoms with E-state index < -0.39 is 86.8 Å². The van der Waals surface area contributed by atoms with E-state index in [0.717, 1.165) is 32.1 Å². The predicted octanol–water partition coefficient (Wildman–Crippen LogP) is 11.6. The quantitative estimate of drug-likeness (QED) is 0.0204. The summed E-state index contributed by atoms with van der Waals surface area (Å²) < 4.78 is 22.7. The Morgan fingerprint density at radius 1 is 0.455 bits per heavy atom. The van der Waals surface area contributed by atoms with Gasteiger partial charge in [0.1, 0.15) is 48.8 Å². The van der Waals surface area contributed by atoms with Crippen LogP contribution in [0.25, 0.3) is 0 Å². The summed E-state index contributed by atoms with van der Waals surface area (Å²) in [5.41, 5.74) is 0. The molecule has 0 saturated carbocycles. The zero-order chi connectivity index (χ0) is 56.0. The molecular formula is C63H119NO13. The number of aliphatic hydroxyl groups is 8. The van der Waals surface area contributed by atoms with Crippen LogP contribution in [0.3, 0.4) is 0 Å². The number of hydrogen-bond acceptors (Lipinski definition) is 13. The zero-order valence-corrected chi connectivity index (χ0v) is 49.0. The van der Waals surface area contributed by atoms with E-state index in [4.69, 9.17) is 18.9 Å². The number of nitrogens with one attached hydrogen (secondary N) is 1. The molecule has 14 nitrogen and oxygen atoms in total. The summed E-state index contributed by atoms with van der Waals surface area (Å²) in [7, 11) is 0. The van der Waals surface area contributed by atoms with Gasteiger partial charge >= 0.3 is 0 Å². The molecule has 2 aliphatic rings. The highest BCUT2D eigenvalue weighted by Gasteiger charge is 2.51. The van der Waals surface area contributed by atoms with Gasteiger partial charge in [-0.1, -0.05) is 263 Å². The number of hydrogen-bond donors (Lipinski definition) is 9. The fourth-order valence-electron chi connectivity index (χ4n) is 10.7. The molecule has 12 unspecified atom stereocenters. The lowest BCUT2D eigenvalue weighted by Gasteiger charge is -2.46. The van der Waals surface area contributed by atoms with Crippen molar-refractivity contribution in [2.45, 2.75) is 351 Å². The van der Waals surface area contributed by atoms with E-state index >= 15 is 0 Å². The summed E-state index contributed by atoms with van der Waals surface area (Å²) in [6.07, 6.45) is 42.6. The van der Waals surface area contributed by atoms with Crippen molar-refractivity contribution in [3.63, 3.8) is 0 Å². The van der Waals surface area contributed by atoms with Crippen LogP contribution in [0.4, 0.5) is 0 Å². The fourth-order valence-corrected chi connectivity index (χ4v) is 10.7. The SMILES string of the molecule is CCCCCCCC/C=C/CC/C=C/C(O)C(COC1OC(CO)C(OC2OC(CO)C(O)C(O)C2O)C(O)C1O)NC(=O)CCCCCCCCCCCCCCCCCCCCCCCCCCCCCCCCC. The first-order valence-corrected chi connectivity index (χ1v) is 32.1. The average molecular weight is 1100 g/mol. The molecule has 9 N–H and O–H groups in total. The van der Waals surface area contributed by atoms with Crippen molar-refractivity contribution in [3.05, 3.63) is 24.3 Å². The second kappa shape index (κ2) is 49.1. The van der Waals surface area contributed by atoms with Crippen molar-refractivity contribution < 1.29 is 64.6 Å². The molecule has 0 aromatic heterocycles. The number of ether oxygens (including phenoxy) is 4.